The summed E-state index contributed by atoms with van der Waals surface area (Å²) in [6.07, 6.45) is 5.00. The maximum atomic E-state index is 4.72. The first kappa shape index (κ1) is 18.5. The van der Waals surface area contributed by atoms with E-state index in [-0.39, 0.29) is 5.41 Å². The SMILES string of the molecule is CN=C(NCCc1cn2cccc(C)c2n1)NCC(C)(C)c1cccs1. The van der Waals surface area contributed by atoms with Crippen LogP contribution in [-0.2, 0) is 11.8 Å². The lowest BCUT2D eigenvalue weighted by Crippen LogP contribution is -2.43. The van der Waals surface area contributed by atoms with Crippen LogP contribution in [0.25, 0.3) is 5.65 Å². The highest BCUT2D eigenvalue weighted by atomic mass is 32.1. The summed E-state index contributed by atoms with van der Waals surface area (Å²) in [5, 5.41) is 8.95. The maximum Gasteiger partial charge on any atom is 0.191 e. The molecule has 0 aliphatic carbocycles. The van der Waals surface area contributed by atoms with Gasteiger partial charge in [0.15, 0.2) is 5.96 Å². The number of aliphatic imine (C=N–C) groups is 1. The molecule has 2 N–H and O–H groups in total. The second-order valence-corrected chi connectivity index (χ2v) is 8.07. The van der Waals surface area contributed by atoms with Crippen molar-refractivity contribution in [3.63, 3.8) is 0 Å². The number of nitrogens with one attached hydrogen (secondary N) is 2. The Kier molecular flexibility index (Phi) is 5.61. The molecule has 0 fully saturated rings. The van der Waals surface area contributed by atoms with Gasteiger partial charge in [0.05, 0.1) is 5.69 Å². The van der Waals surface area contributed by atoms with Crippen LogP contribution in [0, 0.1) is 6.92 Å². The standard InChI is InChI=1S/C20H27N5S/c1-15-7-5-11-25-13-16(24-18(15)25)9-10-22-19(21-4)23-14-20(2,3)17-8-6-12-26-17/h5-8,11-13H,9-10,14H2,1-4H3,(H2,21,22,23). The number of aryl methyl sites for hydroxylation is 1. The fourth-order valence-electron chi connectivity index (χ4n) is 2.91. The van der Waals surface area contributed by atoms with Gasteiger partial charge in [0.2, 0.25) is 0 Å². The molecule has 3 heterocycles. The van der Waals surface area contributed by atoms with E-state index in [2.05, 4.69) is 70.6 Å². The van der Waals surface area contributed by atoms with Gasteiger partial charge < -0.3 is 15.0 Å². The molecule has 0 aromatic carbocycles. The highest BCUT2D eigenvalue weighted by molar-refractivity contribution is 7.10. The average Bonchev–Trinajstić information content (AvgIpc) is 3.28. The maximum absolute atomic E-state index is 4.72. The van der Waals surface area contributed by atoms with Crippen molar-refractivity contribution in [3.05, 3.63) is 58.2 Å². The van der Waals surface area contributed by atoms with E-state index in [1.807, 2.05) is 19.3 Å². The van der Waals surface area contributed by atoms with Crippen molar-refractivity contribution in [3.8, 4) is 0 Å². The molecular weight excluding hydrogens is 342 g/mol. The summed E-state index contributed by atoms with van der Waals surface area (Å²) < 4.78 is 2.08. The van der Waals surface area contributed by atoms with E-state index in [4.69, 9.17) is 4.98 Å². The molecule has 6 heteroatoms. The summed E-state index contributed by atoms with van der Waals surface area (Å²) in [5.74, 6) is 0.828. The molecule has 3 aromatic heterocycles. The summed E-state index contributed by atoms with van der Waals surface area (Å²) in [4.78, 5) is 10.4. The Morgan fingerprint density at radius 2 is 2.12 bits per heavy atom. The van der Waals surface area contributed by atoms with Gasteiger partial charge in [0.1, 0.15) is 5.65 Å². The predicted molar refractivity (Wildman–Crippen MR) is 110 cm³/mol. The lowest BCUT2D eigenvalue weighted by Gasteiger charge is -2.25. The van der Waals surface area contributed by atoms with E-state index >= 15 is 0 Å². The zero-order valence-electron chi connectivity index (χ0n) is 15.9. The number of thiophene rings is 1. The summed E-state index contributed by atoms with van der Waals surface area (Å²) >= 11 is 1.80. The quantitative estimate of drug-likeness (QED) is 0.517. The molecule has 3 rings (SSSR count). The van der Waals surface area contributed by atoms with Crippen LogP contribution in [0.3, 0.4) is 0 Å². The number of aromatic nitrogens is 2. The number of hydrogen-bond donors (Lipinski definition) is 2. The molecule has 138 valence electrons. The molecule has 0 atom stereocenters. The van der Waals surface area contributed by atoms with Gasteiger partial charge in [0, 0.05) is 49.2 Å². The zero-order chi connectivity index (χ0) is 18.6. The van der Waals surface area contributed by atoms with Crippen molar-refractivity contribution in [2.75, 3.05) is 20.1 Å². The smallest absolute Gasteiger partial charge is 0.191 e. The Labute approximate surface area is 159 Å². The zero-order valence-corrected chi connectivity index (χ0v) is 16.7. The number of fused-ring (bicyclic) bond motifs is 1. The molecule has 3 aromatic rings. The molecule has 0 unspecified atom stereocenters. The first-order valence-corrected chi connectivity index (χ1v) is 9.79. The van der Waals surface area contributed by atoms with Crippen LogP contribution in [0.5, 0.6) is 0 Å². The first-order chi connectivity index (χ1) is 12.5. The highest BCUT2D eigenvalue weighted by Crippen LogP contribution is 2.26. The number of nitrogens with zero attached hydrogens (tertiary/aromatic N) is 3. The second-order valence-electron chi connectivity index (χ2n) is 7.12. The second kappa shape index (κ2) is 7.91. The highest BCUT2D eigenvalue weighted by Gasteiger charge is 2.21. The number of rotatable bonds is 6. The molecule has 5 nitrogen and oxygen atoms in total. The van der Waals surface area contributed by atoms with E-state index in [0.29, 0.717) is 0 Å². The van der Waals surface area contributed by atoms with Crippen molar-refractivity contribution in [2.45, 2.75) is 32.6 Å². The van der Waals surface area contributed by atoms with Crippen LogP contribution >= 0.6 is 11.3 Å². The fourth-order valence-corrected chi connectivity index (χ4v) is 3.76. The van der Waals surface area contributed by atoms with Gasteiger partial charge >= 0.3 is 0 Å². The normalized spacial score (nSPS) is 12.5. The minimum absolute atomic E-state index is 0.0743. The third kappa shape index (κ3) is 4.25. The van der Waals surface area contributed by atoms with Crippen LogP contribution in [0.2, 0.25) is 0 Å². The molecule has 0 radical (unpaired) electrons. The fraction of sp³-hybridized carbons (Fsp3) is 0.400. The molecule has 0 amide bonds. The summed E-state index contributed by atoms with van der Waals surface area (Å²) in [6, 6.07) is 8.43. The lowest BCUT2D eigenvalue weighted by molar-refractivity contribution is 0.518. The van der Waals surface area contributed by atoms with Crippen molar-refractivity contribution >= 4 is 22.9 Å². The number of guanidine groups is 1. The number of imidazole rings is 1. The minimum atomic E-state index is 0.0743. The Hall–Kier alpha value is -2.34. The molecular formula is C20H27N5S. The summed E-state index contributed by atoms with van der Waals surface area (Å²) in [5.41, 5.74) is 3.38. The van der Waals surface area contributed by atoms with Gasteiger partial charge in [-0.1, -0.05) is 26.0 Å². The van der Waals surface area contributed by atoms with Crippen molar-refractivity contribution in [1.82, 2.24) is 20.0 Å². The molecule has 26 heavy (non-hydrogen) atoms. The Morgan fingerprint density at radius 1 is 1.27 bits per heavy atom. The van der Waals surface area contributed by atoms with Crippen LogP contribution in [0.15, 0.2) is 47.0 Å². The van der Waals surface area contributed by atoms with Crippen molar-refractivity contribution in [1.29, 1.82) is 0 Å². The minimum Gasteiger partial charge on any atom is -0.356 e. The molecule has 0 saturated carbocycles. The Bertz CT molecular complexity index is 877. The number of pyridine rings is 1. The van der Waals surface area contributed by atoms with E-state index in [0.717, 1.165) is 36.8 Å². The van der Waals surface area contributed by atoms with E-state index in [1.165, 1.54) is 10.4 Å². The molecule has 0 bridgehead atoms. The molecule has 0 spiro atoms. The lowest BCUT2D eigenvalue weighted by atomic mass is 9.91. The topological polar surface area (TPSA) is 53.7 Å². The van der Waals surface area contributed by atoms with Gasteiger partial charge in [-0.05, 0) is 30.0 Å². The van der Waals surface area contributed by atoms with Gasteiger partial charge in [0.25, 0.3) is 0 Å². The van der Waals surface area contributed by atoms with Crippen LogP contribution in [0.4, 0.5) is 0 Å². The van der Waals surface area contributed by atoms with Gasteiger partial charge in [-0.25, -0.2) is 4.98 Å². The first-order valence-electron chi connectivity index (χ1n) is 8.91. The van der Waals surface area contributed by atoms with Gasteiger partial charge in [-0.3, -0.25) is 4.99 Å². The largest absolute Gasteiger partial charge is 0.356 e. The van der Waals surface area contributed by atoms with Crippen LogP contribution < -0.4 is 10.6 Å². The van der Waals surface area contributed by atoms with E-state index in [1.54, 1.807) is 11.3 Å². The van der Waals surface area contributed by atoms with E-state index in [9.17, 15) is 0 Å². The number of hydrogen-bond acceptors (Lipinski definition) is 3. The Morgan fingerprint density at radius 3 is 2.81 bits per heavy atom. The Balaban J connectivity index is 1.52. The van der Waals surface area contributed by atoms with Gasteiger partial charge in [-0.15, -0.1) is 11.3 Å². The van der Waals surface area contributed by atoms with Gasteiger partial charge in [-0.2, -0.15) is 0 Å². The molecule has 0 aliphatic heterocycles. The predicted octanol–water partition coefficient (Wildman–Crippen LogP) is 3.39. The third-order valence-corrected chi connectivity index (χ3v) is 5.75. The third-order valence-electron chi connectivity index (χ3n) is 4.51. The van der Waals surface area contributed by atoms with Crippen LogP contribution in [-0.4, -0.2) is 35.5 Å². The molecule has 0 aliphatic rings. The summed E-state index contributed by atoms with van der Waals surface area (Å²) in [6.45, 7) is 8.21. The summed E-state index contributed by atoms with van der Waals surface area (Å²) in [7, 11) is 1.81. The van der Waals surface area contributed by atoms with E-state index < -0.39 is 0 Å². The van der Waals surface area contributed by atoms with Crippen LogP contribution in [0.1, 0.15) is 30.0 Å². The van der Waals surface area contributed by atoms with Crippen molar-refractivity contribution in [2.24, 2.45) is 4.99 Å². The van der Waals surface area contributed by atoms with Crippen molar-refractivity contribution < 1.29 is 0 Å². The monoisotopic (exact) mass is 369 g/mol. The average molecular weight is 370 g/mol. The molecule has 0 saturated heterocycles.